The first-order chi connectivity index (χ1) is 16.9. The summed E-state index contributed by atoms with van der Waals surface area (Å²) in [6, 6.07) is 15.0. The molecule has 35 heavy (non-hydrogen) atoms. The maximum atomic E-state index is 13.6. The van der Waals surface area contributed by atoms with Gasteiger partial charge < -0.3 is 19.1 Å². The van der Waals surface area contributed by atoms with Crippen molar-refractivity contribution in [2.45, 2.75) is 12.1 Å². The van der Waals surface area contributed by atoms with Crippen LogP contribution in [0, 0.1) is 0 Å². The zero-order chi connectivity index (χ0) is 24.9. The Morgan fingerprint density at radius 2 is 1.26 bits per heavy atom. The minimum atomic E-state index is -1.05. The Kier molecular flexibility index (Phi) is 5.61. The van der Waals surface area contributed by atoms with Crippen LogP contribution in [0.5, 0.6) is 17.2 Å². The number of rotatable bonds is 6. The number of β-lactam (4-membered cyclic amide) rings is 1. The van der Waals surface area contributed by atoms with Crippen molar-refractivity contribution in [3.05, 3.63) is 82.4 Å². The normalized spacial score (nSPS) is 18.9. The molecule has 2 aliphatic heterocycles. The van der Waals surface area contributed by atoms with Gasteiger partial charge in [0.05, 0.1) is 38.5 Å². The van der Waals surface area contributed by atoms with Gasteiger partial charge in [0.2, 0.25) is 5.75 Å². The van der Waals surface area contributed by atoms with Crippen LogP contribution in [-0.4, -0.2) is 50.0 Å². The Balaban J connectivity index is 1.65. The number of ether oxygens (including phenoxy) is 3. The third-order valence-electron chi connectivity index (χ3n) is 6.30. The lowest BCUT2D eigenvalue weighted by atomic mass is 9.86. The number of halogens is 1. The summed E-state index contributed by atoms with van der Waals surface area (Å²) >= 11 is 6.05. The molecule has 3 aromatic rings. The summed E-state index contributed by atoms with van der Waals surface area (Å²) in [5.41, 5.74) is 1.74. The molecule has 0 N–H and O–H groups in total. The number of methoxy groups -OCH3 is 3. The van der Waals surface area contributed by atoms with E-state index >= 15 is 0 Å². The van der Waals surface area contributed by atoms with Gasteiger partial charge in [0.15, 0.2) is 11.5 Å². The van der Waals surface area contributed by atoms with Crippen molar-refractivity contribution >= 4 is 35.0 Å². The summed E-state index contributed by atoms with van der Waals surface area (Å²) in [7, 11) is 4.48. The number of amides is 3. The second-order valence-electron chi connectivity index (χ2n) is 8.06. The van der Waals surface area contributed by atoms with Gasteiger partial charge in [0, 0.05) is 10.7 Å². The van der Waals surface area contributed by atoms with Crippen molar-refractivity contribution in [3.63, 3.8) is 0 Å². The molecule has 8 nitrogen and oxygen atoms in total. The summed E-state index contributed by atoms with van der Waals surface area (Å²) in [4.78, 5) is 42.6. The van der Waals surface area contributed by atoms with E-state index in [0.717, 1.165) is 4.90 Å². The average Bonchev–Trinajstić information content (AvgIpc) is 3.12. The maximum absolute atomic E-state index is 13.6. The van der Waals surface area contributed by atoms with Crippen molar-refractivity contribution in [1.29, 1.82) is 0 Å². The Hall–Kier alpha value is -4.04. The highest BCUT2D eigenvalue weighted by Crippen LogP contribution is 2.48. The van der Waals surface area contributed by atoms with Gasteiger partial charge in [-0.25, -0.2) is 0 Å². The number of benzene rings is 3. The van der Waals surface area contributed by atoms with Crippen LogP contribution in [0.4, 0.5) is 5.69 Å². The smallest absolute Gasteiger partial charge is 0.262 e. The fourth-order valence-electron chi connectivity index (χ4n) is 4.68. The van der Waals surface area contributed by atoms with Crippen LogP contribution < -0.4 is 19.1 Å². The number of anilines is 1. The molecule has 2 aliphatic rings. The van der Waals surface area contributed by atoms with E-state index in [1.165, 1.54) is 26.2 Å². The van der Waals surface area contributed by atoms with Crippen LogP contribution in [0.15, 0.2) is 60.7 Å². The molecule has 2 atom stereocenters. The van der Waals surface area contributed by atoms with Crippen molar-refractivity contribution in [3.8, 4) is 17.2 Å². The Morgan fingerprint density at radius 1 is 0.714 bits per heavy atom. The lowest BCUT2D eigenvalue weighted by Gasteiger charge is -2.49. The highest BCUT2D eigenvalue weighted by atomic mass is 35.5. The van der Waals surface area contributed by atoms with Crippen LogP contribution in [0.1, 0.15) is 32.3 Å². The standard InChI is InChI=1S/C26H21ClN2O6/c1-33-19-12-14(13-20(34-2)23(19)35-3)21-22(26(32)28(21)16-10-8-15(27)9-11-16)29-24(30)17-6-4-5-7-18(17)25(29)31/h4-13,21-22H,1-3H3/t21-,22-/m1/s1. The second kappa shape index (κ2) is 8.63. The van der Waals surface area contributed by atoms with Gasteiger partial charge in [-0.05, 0) is 54.1 Å². The van der Waals surface area contributed by atoms with Gasteiger partial charge in [-0.15, -0.1) is 0 Å². The number of fused-ring (bicyclic) bond motifs is 1. The fraction of sp³-hybridized carbons (Fsp3) is 0.192. The van der Waals surface area contributed by atoms with Gasteiger partial charge in [0.25, 0.3) is 17.7 Å². The first-order valence-electron chi connectivity index (χ1n) is 10.8. The zero-order valence-corrected chi connectivity index (χ0v) is 19.9. The van der Waals surface area contributed by atoms with E-state index in [2.05, 4.69) is 0 Å². The van der Waals surface area contributed by atoms with E-state index in [-0.39, 0.29) is 17.0 Å². The van der Waals surface area contributed by atoms with E-state index < -0.39 is 23.9 Å². The zero-order valence-electron chi connectivity index (χ0n) is 19.2. The predicted octanol–water partition coefficient (Wildman–Crippen LogP) is 4.12. The molecule has 9 heteroatoms. The molecule has 0 saturated carbocycles. The van der Waals surface area contributed by atoms with Crippen molar-refractivity contribution < 1.29 is 28.6 Å². The molecular weight excluding hydrogens is 472 g/mol. The molecule has 3 amide bonds. The second-order valence-corrected chi connectivity index (χ2v) is 8.50. The molecular formula is C26H21ClN2O6. The van der Waals surface area contributed by atoms with Crippen molar-refractivity contribution in [2.75, 3.05) is 26.2 Å². The predicted molar refractivity (Wildman–Crippen MR) is 129 cm³/mol. The first kappa shape index (κ1) is 22.7. The van der Waals surface area contributed by atoms with Gasteiger partial charge in [0.1, 0.15) is 6.04 Å². The summed E-state index contributed by atoms with van der Waals surface area (Å²) < 4.78 is 16.4. The lowest BCUT2D eigenvalue weighted by molar-refractivity contribution is -0.130. The van der Waals surface area contributed by atoms with Crippen molar-refractivity contribution in [2.24, 2.45) is 0 Å². The van der Waals surface area contributed by atoms with E-state index in [0.29, 0.717) is 33.5 Å². The first-order valence-corrected chi connectivity index (χ1v) is 11.1. The lowest BCUT2D eigenvalue weighted by Crippen LogP contribution is -2.67. The fourth-order valence-corrected chi connectivity index (χ4v) is 4.80. The molecule has 178 valence electrons. The molecule has 0 aromatic heterocycles. The Labute approximate surface area is 206 Å². The largest absolute Gasteiger partial charge is 0.493 e. The van der Waals surface area contributed by atoms with E-state index in [9.17, 15) is 14.4 Å². The molecule has 0 bridgehead atoms. The summed E-state index contributed by atoms with van der Waals surface area (Å²) in [6.45, 7) is 0. The molecule has 1 fully saturated rings. The molecule has 0 unspecified atom stereocenters. The van der Waals surface area contributed by atoms with Crippen LogP contribution in [0.3, 0.4) is 0 Å². The Bertz CT molecular complexity index is 1300. The molecule has 0 aliphatic carbocycles. The minimum absolute atomic E-state index is 0.277. The molecule has 1 saturated heterocycles. The van der Waals surface area contributed by atoms with Gasteiger partial charge in [-0.1, -0.05) is 23.7 Å². The number of hydrogen-bond acceptors (Lipinski definition) is 6. The Morgan fingerprint density at radius 3 is 1.74 bits per heavy atom. The molecule has 0 radical (unpaired) electrons. The van der Waals surface area contributed by atoms with E-state index in [1.807, 2.05) is 0 Å². The number of carbonyl (C=O) groups is 3. The minimum Gasteiger partial charge on any atom is -0.493 e. The van der Waals surface area contributed by atoms with Crippen LogP contribution >= 0.6 is 11.6 Å². The number of nitrogens with zero attached hydrogens (tertiary/aromatic N) is 2. The van der Waals surface area contributed by atoms with E-state index in [1.54, 1.807) is 60.7 Å². The number of hydrogen-bond donors (Lipinski definition) is 0. The number of carbonyl (C=O) groups excluding carboxylic acids is 3. The third kappa shape index (κ3) is 3.40. The molecule has 3 aromatic carbocycles. The topological polar surface area (TPSA) is 85.4 Å². The SMILES string of the molecule is COc1cc([C@@H]2[C@@H](N3C(=O)c4ccccc4C3=O)C(=O)N2c2ccc(Cl)cc2)cc(OC)c1OC. The van der Waals surface area contributed by atoms with Gasteiger partial charge >= 0.3 is 0 Å². The third-order valence-corrected chi connectivity index (χ3v) is 6.56. The quantitative estimate of drug-likeness (QED) is 0.380. The van der Waals surface area contributed by atoms with Crippen LogP contribution in [0.2, 0.25) is 5.02 Å². The van der Waals surface area contributed by atoms with Gasteiger partial charge in [-0.3, -0.25) is 19.3 Å². The average molecular weight is 493 g/mol. The number of imide groups is 1. The maximum Gasteiger partial charge on any atom is 0.262 e. The molecule has 0 spiro atoms. The molecule has 5 rings (SSSR count). The van der Waals surface area contributed by atoms with Crippen LogP contribution in [-0.2, 0) is 4.79 Å². The summed E-state index contributed by atoms with van der Waals surface area (Å²) in [5.74, 6) is -0.230. The monoisotopic (exact) mass is 492 g/mol. The van der Waals surface area contributed by atoms with E-state index in [4.69, 9.17) is 25.8 Å². The highest BCUT2D eigenvalue weighted by Gasteiger charge is 2.57. The summed E-state index contributed by atoms with van der Waals surface area (Å²) in [5, 5.41) is 0.517. The van der Waals surface area contributed by atoms with Crippen LogP contribution in [0.25, 0.3) is 0 Å². The summed E-state index contributed by atoms with van der Waals surface area (Å²) in [6.07, 6.45) is 0. The molecule has 2 heterocycles. The van der Waals surface area contributed by atoms with Gasteiger partial charge in [-0.2, -0.15) is 0 Å². The van der Waals surface area contributed by atoms with Crippen molar-refractivity contribution in [1.82, 2.24) is 4.90 Å². The highest BCUT2D eigenvalue weighted by molar-refractivity contribution is 6.30.